The van der Waals surface area contributed by atoms with Crippen molar-refractivity contribution in [1.82, 2.24) is 10.2 Å². The molecule has 4 nitrogen and oxygen atoms in total. The maximum Gasteiger partial charge on any atom is 0.407 e. The SMILES string of the molecule is CCOC(=O)NCCN1CCCCC1. The molecule has 4 heteroatoms. The molecule has 1 heterocycles. The third-order valence-electron chi connectivity index (χ3n) is 2.42. The van der Waals surface area contributed by atoms with Gasteiger partial charge in [0.1, 0.15) is 0 Å². The highest BCUT2D eigenvalue weighted by molar-refractivity contribution is 5.66. The quantitative estimate of drug-likeness (QED) is 0.742. The van der Waals surface area contributed by atoms with Crippen molar-refractivity contribution in [2.75, 3.05) is 32.8 Å². The summed E-state index contributed by atoms with van der Waals surface area (Å²) in [5, 5.41) is 2.73. The number of rotatable bonds is 4. The molecule has 1 amide bonds. The standard InChI is InChI=1S/C10H20N2O2/c1-2-14-10(13)11-6-9-12-7-4-3-5-8-12/h2-9H2,1H3,(H,11,13). The number of alkyl carbamates (subject to hydrolysis) is 1. The Bertz CT molecular complexity index is 168. The highest BCUT2D eigenvalue weighted by atomic mass is 16.5. The number of carbonyl (C=O) groups is 1. The Balaban J connectivity index is 1.99. The van der Waals surface area contributed by atoms with Crippen molar-refractivity contribution >= 4 is 6.09 Å². The predicted molar refractivity (Wildman–Crippen MR) is 55.3 cm³/mol. The van der Waals surface area contributed by atoms with Crippen LogP contribution in [-0.2, 0) is 4.74 Å². The first-order chi connectivity index (χ1) is 6.83. The lowest BCUT2D eigenvalue weighted by atomic mass is 10.1. The molecule has 1 rings (SSSR count). The smallest absolute Gasteiger partial charge is 0.407 e. The van der Waals surface area contributed by atoms with E-state index in [0.29, 0.717) is 13.2 Å². The van der Waals surface area contributed by atoms with E-state index in [1.54, 1.807) is 0 Å². The Morgan fingerprint density at radius 3 is 2.71 bits per heavy atom. The monoisotopic (exact) mass is 200 g/mol. The van der Waals surface area contributed by atoms with Gasteiger partial charge in [-0.1, -0.05) is 6.42 Å². The first-order valence-corrected chi connectivity index (χ1v) is 5.46. The number of hydrogen-bond acceptors (Lipinski definition) is 3. The molecule has 0 radical (unpaired) electrons. The van der Waals surface area contributed by atoms with E-state index in [2.05, 4.69) is 10.2 Å². The van der Waals surface area contributed by atoms with Crippen molar-refractivity contribution in [3.63, 3.8) is 0 Å². The van der Waals surface area contributed by atoms with Gasteiger partial charge >= 0.3 is 6.09 Å². The fourth-order valence-electron chi connectivity index (χ4n) is 1.68. The van der Waals surface area contributed by atoms with Crippen molar-refractivity contribution in [2.45, 2.75) is 26.2 Å². The highest BCUT2D eigenvalue weighted by Gasteiger charge is 2.09. The van der Waals surface area contributed by atoms with E-state index in [9.17, 15) is 4.79 Å². The molecule has 0 aromatic heterocycles. The summed E-state index contributed by atoms with van der Waals surface area (Å²) < 4.78 is 4.76. The average molecular weight is 200 g/mol. The summed E-state index contributed by atoms with van der Waals surface area (Å²) in [7, 11) is 0. The van der Waals surface area contributed by atoms with Crippen LogP contribution < -0.4 is 5.32 Å². The summed E-state index contributed by atoms with van der Waals surface area (Å²) in [6.07, 6.45) is 3.63. The van der Waals surface area contributed by atoms with Gasteiger partial charge in [-0.05, 0) is 32.9 Å². The van der Waals surface area contributed by atoms with Crippen molar-refractivity contribution in [1.29, 1.82) is 0 Å². The van der Waals surface area contributed by atoms with Gasteiger partial charge < -0.3 is 15.0 Å². The Hall–Kier alpha value is -0.770. The van der Waals surface area contributed by atoms with Crippen LogP contribution in [0, 0.1) is 0 Å². The lowest BCUT2D eigenvalue weighted by Gasteiger charge is -2.26. The van der Waals surface area contributed by atoms with Gasteiger partial charge in [0.25, 0.3) is 0 Å². The third kappa shape index (κ3) is 4.46. The lowest BCUT2D eigenvalue weighted by molar-refractivity contribution is 0.149. The van der Waals surface area contributed by atoms with E-state index < -0.39 is 0 Å². The van der Waals surface area contributed by atoms with E-state index in [1.165, 1.54) is 32.4 Å². The van der Waals surface area contributed by atoms with Crippen LogP contribution in [0.2, 0.25) is 0 Å². The molecule has 1 N–H and O–H groups in total. The van der Waals surface area contributed by atoms with Crippen LogP contribution in [-0.4, -0.2) is 43.8 Å². The van der Waals surface area contributed by atoms with Gasteiger partial charge in [-0.2, -0.15) is 0 Å². The zero-order valence-electron chi connectivity index (χ0n) is 8.92. The Morgan fingerprint density at radius 2 is 2.07 bits per heavy atom. The molecule has 0 atom stereocenters. The molecule has 0 saturated carbocycles. The normalized spacial score (nSPS) is 17.8. The number of nitrogens with one attached hydrogen (secondary N) is 1. The van der Waals surface area contributed by atoms with Gasteiger partial charge in [-0.3, -0.25) is 0 Å². The van der Waals surface area contributed by atoms with Crippen LogP contribution in [0.5, 0.6) is 0 Å². The molecule has 1 saturated heterocycles. The van der Waals surface area contributed by atoms with Gasteiger partial charge in [0, 0.05) is 13.1 Å². The van der Waals surface area contributed by atoms with E-state index >= 15 is 0 Å². The summed E-state index contributed by atoms with van der Waals surface area (Å²) in [5.74, 6) is 0. The van der Waals surface area contributed by atoms with Crippen molar-refractivity contribution in [2.24, 2.45) is 0 Å². The van der Waals surface area contributed by atoms with Crippen molar-refractivity contribution in [3.8, 4) is 0 Å². The topological polar surface area (TPSA) is 41.6 Å². The second kappa shape index (κ2) is 6.65. The molecule has 1 aliphatic heterocycles. The number of ether oxygens (including phenoxy) is 1. The van der Waals surface area contributed by atoms with Gasteiger partial charge in [-0.15, -0.1) is 0 Å². The Kier molecular flexibility index (Phi) is 5.37. The fourth-order valence-corrected chi connectivity index (χ4v) is 1.68. The van der Waals surface area contributed by atoms with Crippen LogP contribution >= 0.6 is 0 Å². The Labute approximate surface area is 85.6 Å². The van der Waals surface area contributed by atoms with Crippen molar-refractivity contribution in [3.05, 3.63) is 0 Å². The number of amides is 1. The van der Waals surface area contributed by atoms with Gasteiger partial charge in [0.2, 0.25) is 0 Å². The van der Waals surface area contributed by atoms with Gasteiger partial charge in [0.05, 0.1) is 6.61 Å². The van der Waals surface area contributed by atoms with Crippen LogP contribution in [0.3, 0.4) is 0 Å². The zero-order valence-corrected chi connectivity index (χ0v) is 8.92. The molecule has 0 unspecified atom stereocenters. The molecule has 0 spiro atoms. The molecule has 0 aliphatic carbocycles. The maximum atomic E-state index is 10.9. The summed E-state index contributed by atoms with van der Waals surface area (Å²) in [5.41, 5.74) is 0. The van der Waals surface area contributed by atoms with Gasteiger partial charge in [0.15, 0.2) is 0 Å². The molecule has 0 aromatic rings. The van der Waals surface area contributed by atoms with E-state index in [4.69, 9.17) is 4.74 Å². The van der Waals surface area contributed by atoms with Crippen molar-refractivity contribution < 1.29 is 9.53 Å². The highest BCUT2D eigenvalue weighted by Crippen LogP contribution is 2.07. The number of likely N-dealkylation sites (tertiary alicyclic amines) is 1. The van der Waals surface area contributed by atoms with Crippen LogP contribution in [0.15, 0.2) is 0 Å². The van der Waals surface area contributed by atoms with E-state index in [-0.39, 0.29) is 6.09 Å². The average Bonchev–Trinajstić information content (AvgIpc) is 2.20. The van der Waals surface area contributed by atoms with Crippen LogP contribution in [0.1, 0.15) is 26.2 Å². The first kappa shape index (κ1) is 11.3. The second-order valence-electron chi connectivity index (χ2n) is 3.55. The molecule has 0 bridgehead atoms. The summed E-state index contributed by atoms with van der Waals surface area (Å²) in [6.45, 7) is 6.23. The minimum atomic E-state index is -0.301. The van der Waals surface area contributed by atoms with Gasteiger partial charge in [-0.25, -0.2) is 4.79 Å². The molecular weight excluding hydrogens is 180 g/mol. The molecule has 1 fully saturated rings. The minimum Gasteiger partial charge on any atom is -0.450 e. The molecule has 0 aromatic carbocycles. The fraction of sp³-hybridized carbons (Fsp3) is 0.900. The maximum absolute atomic E-state index is 10.9. The van der Waals surface area contributed by atoms with Crippen LogP contribution in [0.25, 0.3) is 0 Å². The zero-order chi connectivity index (χ0) is 10.2. The molecule has 1 aliphatic rings. The summed E-state index contributed by atoms with van der Waals surface area (Å²) in [6, 6.07) is 0. The minimum absolute atomic E-state index is 0.301. The first-order valence-electron chi connectivity index (χ1n) is 5.46. The summed E-state index contributed by atoms with van der Waals surface area (Å²) in [4.78, 5) is 13.3. The van der Waals surface area contributed by atoms with E-state index in [0.717, 1.165) is 6.54 Å². The van der Waals surface area contributed by atoms with E-state index in [1.807, 2.05) is 6.92 Å². The number of hydrogen-bond donors (Lipinski definition) is 1. The largest absolute Gasteiger partial charge is 0.450 e. The second-order valence-corrected chi connectivity index (χ2v) is 3.55. The van der Waals surface area contributed by atoms with Crippen LogP contribution in [0.4, 0.5) is 4.79 Å². The number of nitrogens with zero attached hydrogens (tertiary/aromatic N) is 1. The molecule has 14 heavy (non-hydrogen) atoms. The predicted octanol–water partition coefficient (Wildman–Crippen LogP) is 1.22. The lowest BCUT2D eigenvalue weighted by Crippen LogP contribution is -2.37. The number of carbonyl (C=O) groups excluding carboxylic acids is 1. The Morgan fingerprint density at radius 1 is 1.36 bits per heavy atom. The summed E-state index contributed by atoms with van der Waals surface area (Å²) >= 11 is 0. The third-order valence-corrected chi connectivity index (χ3v) is 2.42. The molecular formula is C10H20N2O2. The molecule has 82 valence electrons. The number of piperidine rings is 1.